The second kappa shape index (κ2) is 4.97. The molecule has 120 valence electrons. The normalized spacial score (nSPS) is 29.4. The molecule has 2 rings (SSSR count). The van der Waals surface area contributed by atoms with Gasteiger partial charge in [0.15, 0.2) is 0 Å². The van der Waals surface area contributed by atoms with Crippen LogP contribution in [-0.4, -0.2) is 54.8 Å². The standard InChI is InChI=1S/C14H24N2O4S/c1-13(2)11(17)15-14(3,10-6-7-10)12(18)16(13)8-5-9-21(4,19)20/h10H,5-9H2,1-4H3,(H,15,17). The van der Waals surface area contributed by atoms with Gasteiger partial charge >= 0.3 is 0 Å². The molecule has 7 heteroatoms. The minimum absolute atomic E-state index is 0.0224. The van der Waals surface area contributed by atoms with Gasteiger partial charge in [-0.2, -0.15) is 0 Å². The zero-order chi connectivity index (χ0) is 16.1. The Morgan fingerprint density at radius 3 is 2.29 bits per heavy atom. The van der Waals surface area contributed by atoms with E-state index >= 15 is 0 Å². The van der Waals surface area contributed by atoms with Crippen LogP contribution in [0.1, 0.15) is 40.0 Å². The van der Waals surface area contributed by atoms with Crippen LogP contribution in [0.3, 0.4) is 0 Å². The fourth-order valence-corrected chi connectivity index (χ4v) is 3.56. The molecule has 1 aliphatic carbocycles. The average Bonchev–Trinajstić information content (AvgIpc) is 3.14. The van der Waals surface area contributed by atoms with Gasteiger partial charge < -0.3 is 10.2 Å². The summed E-state index contributed by atoms with van der Waals surface area (Å²) in [6.45, 7) is 5.47. The maximum atomic E-state index is 12.8. The lowest BCUT2D eigenvalue weighted by molar-refractivity contribution is -0.161. The van der Waals surface area contributed by atoms with Gasteiger partial charge in [-0.25, -0.2) is 8.42 Å². The fraction of sp³-hybridized carbons (Fsp3) is 0.857. The Labute approximate surface area is 126 Å². The van der Waals surface area contributed by atoms with Crippen LogP contribution in [0.25, 0.3) is 0 Å². The molecule has 1 heterocycles. The molecule has 2 fully saturated rings. The number of hydrogen-bond acceptors (Lipinski definition) is 4. The lowest BCUT2D eigenvalue weighted by Gasteiger charge is -2.49. The van der Waals surface area contributed by atoms with Crippen molar-refractivity contribution in [3.05, 3.63) is 0 Å². The largest absolute Gasteiger partial charge is 0.340 e. The van der Waals surface area contributed by atoms with E-state index in [0.29, 0.717) is 6.42 Å². The van der Waals surface area contributed by atoms with Crippen molar-refractivity contribution in [2.45, 2.75) is 51.1 Å². The highest BCUT2D eigenvalue weighted by molar-refractivity contribution is 7.90. The molecule has 2 aliphatic rings. The van der Waals surface area contributed by atoms with E-state index in [-0.39, 0.29) is 30.0 Å². The highest BCUT2D eigenvalue weighted by atomic mass is 32.2. The van der Waals surface area contributed by atoms with Crippen molar-refractivity contribution < 1.29 is 18.0 Å². The van der Waals surface area contributed by atoms with E-state index in [2.05, 4.69) is 5.32 Å². The van der Waals surface area contributed by atoms with Crippen LogP contribution < -0.4 is 5.32 Å². The number of nitrogens with one attached hydrogen (secondary N) is 1. The SMILES string of the molecule is CC1(C2CC2)NC(=O)C(C)(C)N(CCCS(C)(=O)=O)C1=O. The van der Waals surface area contributed by atoms with Crippen LogP contribution in [0.4, 0.5) is 0 Å². The Morgan fingerprint density at radius 2 is 1.81 bits per heavy atom. The zero-order valence-electron chi connectivity index (χ0n) is 13.1. The Hall–Kier alpha value is -1.11. The number of nitrogens with zero attached hydrogens (tertiary/aromatic N) is 1. The first-order chi connectivity index (χ1) is 9.48. The minimum Gasteiger partial charge on any atom is -0.340 e. The van der Waals surface area contributed by atoms with Crippen molar-refractivity contribution >= 4 is 21.7 Å². The first-order valence-electron chi connectivity index (χ1n) is 7.31. The van der Waals surface area contributed by atoms with Crippen molar-refractivity contribution in [3.63, 3.8) is 0 Å². The fourth-order valence-electron chi connectivity index (χ4n) is 2.90. The number of carbonyl (C=O) groups is 2. The molecule has 1 saturated carbocycles. The van der Waals surface area contributed by atoms with Gasteiger partial charge in [0.05, 0.1) is 5.75 Å². The van der Waals surface area contributed by atoms with Crippen LogP contribution in [0.5, 0.6) is 0 Å². The average molecular weight is 316 g/mol. The summed E-state index contributed by atoms with van der Waals surface area (Å²) < 4.78 is 22.5. The molecule has 21 heavy (non-hydrogen) atoms. The first-order valence-corrected chi connectivity index (χ1v) is 9.37. The van der Waals surface area contributed by atoms with Crippen molar-refractivity contribution in [1.82, 2.24) is 10.2 Å². The van der Waals surface area contributed by atoms with Gasteiger partial charge in [0.25, 0.3) is 0 Å². The topological polar surface area (TPSA) is 83.6 Å². The molecule has 0 aromatic carbocycles. The number of hydrogen-bond donors (Lipinski definition) is 1. The molecule has 6 nitrogen and oxygen atoms in total. The highest BCUT2D eigenvalue weighted by Gasteiger charge is 2.57. The summed E-state index contributed by atoms with van der Waals surface area (Å²) in [5.41, 5.74) is -1.78. The molecular formula is C14H24N2O4S. The monoisotopic (exact) mass is 316 g/mol. The maximum Gasteiger partial charge on any atom is 0.249 e. The lowest BCUT2D eigenvalue weighted by Crippen LogP contribution is -2.74. The molecular weight excluding hydrogens is 292 g/mol. The maximum absolute atomic E-state index is 12.8. The molecule has 0 spiro atoms. The quantitative estimate of drug-likeness (QED) is 0.792. The van der Waals surface area contributed by atoms with E-state index in [0.717, 1.165) is 12.8 Å². The zero-order valence-corrected chi connectivity index (χ0v) is 13.9. The molecule has 1 N–H and O–H groups in total. The first kappa shape index (κ1) is 16.3. The smallest absolute Gasteiger partial charge is 0.249 e. The van der Waals surface area contributed by atoms with E-state index in [1.54, 1.807) is 25.7 Å². The molecule has 0 aromatic rings. The predicted molar refractivity (Wildman–Crippen MR) is 79.4 cm³/mol. The van der Waals surface area contributed by atoms with Gasteiger partial charge in [-0.05, 0) is 46.0 Å². The van der Waals surface area contributed by atoms with Gasteiger partial charge in [0.2, 0.25) is 11.8 Å². The van der Waals surface area contributed by atoms with Crippen LogP contribution in [0.15, 0.2) is 0 Å². The Balaban J connectivity index is 2.18. The summed E-state index contributed by atoms with van der Waals surface area (Å²) in [5.74, 6) is -0.0457. The third kappa shape index (κ3) is 3.07. The number of carbonyl (C=O) groups excluding carboxylic acids is 2. The van der Waals surface area contributed by atoms with Crippen LogP contribution in [0.2, 0.25) is 0 Å². The molecule has 1 saturated heterocycles. The highest BCUT2D eigenvalue weighted by Crippen LogP contribution is 2.43. The molecule has 2 amide bonds. The van der Waals surface area contributed by atoms with Crippen molar-refractivity contribution in [2.24, 2.45) is 5.92 Å². The summed E-state index contributed by atoms with van der Waals surface area (Å²) in [7, 11) is -3.06. The number of piperazine rings is 1. The van der Waals surface area contributed by atoms with Crippen LogP contribution in [-0.2, 0) is 19.4 Å². The predicted octanol–water partition coefficient (Wildman–Crippen LogP) is 0.327. The molecule has 1 unspecified atom stereocenters. The summed E-state index contributed by atoms with van der Waals surface area (Å²) in [6.07, 6.45) is 3.42. The van der Waals surface area contributed by atoms with Gasteiger partial charge in [0.1, 0.15) is 20.9 Å². The molecule has 0 aromatic heterocycles. The number of rotatable bonds is 5. The Morgan fingerprint density at radius 1 is 1.24 bits per heavy atom. The third-order valence-electron chi connectivity index (χ3n) is 4.58. The molecule has 1 aliphatic heterocycles. The van der Waals surface area contributed by atoms with E-state index in [9.17, 15) is 18.0 Å². The van der Waals surface area contributed by atoms with E-state index in [1.807, 2.05) is 0 Å². The molecule has 1 atom stereocenters. The summed E-state index contributed by atoms with van der Waals surface area (Å²) in [6, 6.07) is 0. The summed E-state index contributed by atoms with van der Waals surface area (Å²) >= 11 is 0. The summed E-state index contributed by atoms with van der Waals surface area (Å²) in [5, 5.41) is 2.88. The van der Waals surface area contributed by atoms with Crippen molar-refractivity contribution in [2.75, 3.05) is 18.6 Å². The van der Waals surface area contributed by atoms with E-state index in [1.165, 1.54) is 6.26 Å². The number of sulfone groups is 1. The van der Waals surface area contributed by atoms with Gasteiger partial charge in [-0.3, -0.25) is 9.59 Å². The Bertz CT molecular complexity index is 566. The summed E-state index contributed by atoms with van der Waals surface area (Å²) in [4.78, 5) is 26.7. The second-order valence-electron chi connectivity index (χ2n) is 6.93. The van der Waals surface area contributed by atoms with E-state index in [4.69, 9.17) is 0 Å². The van der Waals surface area contributed by atoms with Crippen molar-refractivity contribution in [1.29, 1.82) is 0 Å². The van der Waals surface area contributed by atoms with Gasteiger partial charge in [-0.1, -0.05) is 0 Å². The second-order valence-corrected chi connectivity index (χ2v) is 9.19. The van der Waals surface area contributed by atoms with Gasteiger partial charge in [0, 0.05) is 12.8 Å². The van der Waals surface area contributed by atoms with E-state index < -0.39 is 20.9 Å². The lowest BCUT2D eigenvalue weighted by atomic mass is 9.85. The van der Waals surface area contributed by atoms with Crippen molar-refractivity contribution in [3.8, 4) is 0 Å². The minimum atomic E-state index is -3.06. The molecule has 0 bridgehead atoms. The Kier molecular flexibility index (Phi) is 3.85. The van der Waals surface area contributed by atoms with Gasteiger partial charge in [-0.15, -0.1) is 0 Å². The van der Waals surface area contributed by atoms with Crippen LogP contribution >= 0.6 is 0 Å². The van der Waals surface area contributed by atoms with Crippen LogP contribution in [0, 0.1) is 5.92 Å². The third-order valence-corrected chi connectivity index (χ3v) is 5.61. The molecule has 0 radical (unpaired) electrons. The number of amides is 2.